The number of para-hydroxylation sites is 1. The van der Waals surface area contributed by atoms with Crippen LogP contribution in [-0.4, -0.2) is 16.7 Å². The number of carbonyl (C=O) groups is 1. The van der Waals surface area contributed by atoms with E-state index in [1.54, 1.807) is 12.3 Å². The maximum atomic E-state index is 13.1. The number of furan rings is 1. The number of pyridine rings is 1. The minimum atomic E-state index is -0.540. The molecule has 6 nitrogen and oxygen atoms in total. The predicted octanol–water partition coefficient (Wildman–Crippen LogP) is 6.27. The van der Waals surface area contributed by atoms with E-state index in [2.05, 4.69) is 31.4 Å². The average molecular weight is 490 g/mol. The first-order valence-electron chi connectivity index (χ1n) is 10.4. The van der Waals surface area contributed by atoms with Crippen LogP contribution < -0.4 is 10.2 Å². The number of esters is 1. The quantitative estimate of drug-likeness (QED) is 0.207. The van der Waals surface area contributed by atoms with Crippen LogP contribution in [0.25, 0.3) is 10.9 Å². The summed E-state index contributed by atoms with van der Waals surface area (Å²) in [5, 5.41) is 5.47. The van der Waals surface area contributed by atoms with Crippen molar-refractivity contribution in [1.29, 1.82) is 0 Å². The summed E-state index contributed by atoms with van der Waals surface area (Å²) < 4.78 is 12.6. The maximum Gasteiger partial charge on any atom is 0.380 e. The molecule has 0 aliphatic heterocycles. The zero-order valence-corrected chi connectivity index (χ0v) is 19.0. The van der Waals surface area contributed by atoms with Crippen molar-refractivity contribution < 1.29 is 13.9 Å². The molecule has 4 aromatic rings. The largest absolute Gasteiger partial charge is 0.453 e. The van der Waals surface area contributed by atoms with Crippen LogP contribution in [0.2, 0.25) is 0 Å². The third-order valence-electron chi connectivity index (χ3n) is 5.49. The Bertz CT molecular complexity index is 1350. The van der Waals surface area contributed by atoms with Crippen molar-refractivity contribution in [3.05, 3.63) is 87.9 Å². The van der Waals surface area contributed by atoms with Gasteiger partial charge in [0.05, 0.1) is 11.4 Å². The number of halogens is 1. The van der Waals surface area contributed by atoms with Crippen LogP contribution in [0.3, 0.4) is 0 Å². The molecule has 1 N–H and O–H groups in total. The summed E-state index contributed by atoms with van der Waals surface area (Å²) in [5.41, 5.74) is 7.14. The van der Waals surface area contributed by atoms with Gasteiger partial charge in [-0.2, -0.15) is 5.10 Å². The Morgan fingerprint density at radius 1 is 1.12 bits per heavy atom. The Balaban J connectivity index is 1.45. The molecule has 2 heterocycles. The molecule has 160 valence electrons. The van der Waals surface area contributed by atoms with Gasteiger partial charge in [-0.05, 0) is 50.1 Å². The van der Waals surface area contributed by atoms with Crippen molar-refractivity contribution in [3.8, 4) is 5.75 Å². The SMILES string of the molecule is Cc1c(C(=O)Oc2ccc(Br)c3cccnc23)oc2c1/C(=N/Nc1ccccc1)CCC2. The lowest BCUT2D eigenvalue weighted by atomic mass is 9.93. The van der Waals surface area contributed by atoms with Crippen molar-refractivity contribution in [2.45, 2.75) is 26.2 Å². The number of hydrogen-bond acceptors (Lipinski definition) is 6. The van der Waals surface area contributed by atoms with Gasteiger partial charge in [0, 0.05) is 33.6 Å². The molecule has 0 fully saturated rings. The van der Waals surface area contributed by atoms with Gasteiger partial charge in [0.15, 0.2) is 5.75 Å². The first-order chi connectivity index (χ1) is 15.6. The Morgan fingerprint density at radius 2 is 1.97 bits per heavy atom. The number of ether oxygens (including phenoxy) is 1. The number of hydrogen-bond donors (Lipinski definition) is 1. The van der Waals surface area contributed by atoms with Gasteiger partial charge in [0.25, 0.3) is 0 Å². The standard InChI is InChI=1S/C25H20BrN3O3/c1-15-22-19(29-28-16-7-3-2-4-8-16)10-5-11-20(22)31-24(15)25(30)32-21-13-12-18(26)17-9-6-14-27-23(17)21/h2-4,6-9,12-14,28H,5,10-11H2,1H3/b29-19+. The number of hydrazone groups is 1. The van der Waals surface area contributed by atoms with Crippen molar-refractivity contribution in [3.63, 3.8) is 0 Å². The molecule has 0 saturated carbocycles. The number of aromatic nitrogens is 1. The molecule has 0 atom stereocenters. The van der Waals surface area contributed by atoms with Gasteiger partial charge in [-0.1, -0.05) is 40.2 Å². The van der Waals surface area contributed by atoms with Gasteiger partial charge in [-0.25, -0.2) is 4.79 Å². The molecule has 0 bridgehead atoms. The highest BCUT2D eigenvalue weighted by molar-refractivity contribution is 9.10. The molecule has 32 heavy (non-hydrogen) atoms. The monoisotopic (exact) mass is 489 g/mol. The molecule has 5 rings (SSSR count). The summed E-state index contributed by atoms with van der Waals surface area (Å²) in [7, 11) is 0. The van der Waals surface area contributed by atoms with Crippen molar-refractivity contribution in [1.82, 2.24) is 4.98 Å². The van der Waals surface area contributed by atoms with Crippen molar-refractivity contribution in [2.24, 2.45) is 5.10 Å². The topological polar surface area (TPSA) is 76.7 Å². The highest BCUT2D eigenvalue weighted by Crippen LogP contribution is 2.33. The van der Waals surface area contributed by atoms with Gasteiger partial charge in [-0.3, -0.25) is 10.4 Å². The molecular weight excluding hydrogens is 470 g/mol. The van der Waals surface area contributed by atoms with Crippen LogP contribution in [0, 0.1) is 6.92 Å². The highest BCUT2D eigenvalue weighted by atomic mass is 79.9. The second kappa shape index (κ2) is 8.59. The molecule has 1 aliphatic carbocycles. The third-order valence-corrected chi connectivity index (χ3v) is 6.18. The normalized spacial score (nSPS) is 14.4. The summed E-state index contributed by atoms with van der Waals surface area (Å²) in [6, 6.07) is 17.1. The molecule has 2 aromatic heterocycles. The van der Waals surface area contributed by atoms with E-state index >= 15 is 0 Å². The van der Waals surface area contributed by atoms with E-state index in [1.807, 2.05) is 55.5 Å². The van der Waals surface area contributed by atoms with E-state index in [0.29, 0.717) is 11.3 Å². The Kier molecular flexibility index (Phi) is 5.49. The van der Waals surface area contributed by atoms with Crippen LogP contribution in [-0.2, 0) is 6.42 Å². The van der Waals surface area contributed by atoms with Crippen LogP contribution in [0.15, 0.2) is 74.8 Å². The lowest BCUT2D eigenvalue weighted by Gasteiger charge is -2.13. The van der Waals surface area contributed by atoms with E-state index in [0.717, 1.165) is 57.4 Å². The number of aryl methyl sites for hydroxylation is 1. The first kappa shape index (κ1) is 20.5. The fourth-order valence-electron chi connectivity index (χ4n) is 3.96. The second-order valence-corrected chi connectivity index (χ2v) is 8.43. The molecular formula is C25H20BrN3O3. The second-order valence-electron chi connectivity index (χ2n) is 7.58. The Labute approximate surface area is 193 Å². The van der Waals surface area contributed by atoms with Gasteiger partial charge >= 0.3 is 5.97 Å². The first-order valence-corrected chi connectivity index (χ1v) is 11.2. The summed E-state index contributed by atoms with van der Waals surface area (Å²) in [5.74, 6) is 0.827. The van der Waals surface area contributed by atoms with E-state index in [4.69, 9.17) is 9.15 Å². The lowest BCUT2D eigenvalue weighted by molar-refractivity contribution is 0.0700. The molecule has 0 spiro atoms. The molecule has 0 amide bonds. The van der Waals surface area contributed by atoms with Gasteiger partial charge in [-0.15, -0.1) is 0 Å². The minimum absolute atomic E-state index is 0.205. The summed E-state index contributed by atoms with van der Waals surface area (Å²) in [6.45, 7) is 1.88. The van der Waals surface area contributed by atoms with Crippen LogP contribution in [0.1, 0.15) is 40.3 Å². The van der Waals surface area contributed by atoms with E-state index in [9.17, 15) is 4.79 Å². The van der Waals surface area contributed by atoms with Crippen LogP contribution >= 0.6 is 15.9 Å². The number of fused-ring (bicyclic) bond motifs is 2. The smallest absolute Gasteiger partial charge is 0.380 e. The fraction of sp³-hybridized carbons (Fsp3) is 0.160. The molecule has 0 radical (unpaired) electrons. The van der Waals surface area contributed by atoms with Gasteiger partial charge in [0.1, 0.15) is 11.3 Å². The zero-order chi connectivity index (χ0) is 22.1. The number of anilines is 1. The van der Waals surface area contributed by atoms with Gasteiger partial charge in [0.2, 0.25) is 5.76 Å². The van der Waals surface area contributed by atoms with Crippen LogP contribution in [0.4, 0.5) is 5.69 Å². The number of nitrogens with one attached hydrogen (secondary N) is 1. The Hall–Kier alpha value is -3.45. The maximum absolute atomic E-state index is 13.1. The highest BCUT2D eigenvalue weighted by Gasteiger charge is 2.29. The van der Waals surface area contributed by atoms with Crippen molar-refractivity contribution in [2.75, 3.05) is 5.43 Å². The average Bonchev–Trinajstić information content (AvgIpc) is 3.17. The fourth-order valence-corrected chi connectivity index (χ4v) is 4.41. The lowest BCUT2D eigenvalue weighted by Crippen LogP contribution is -2.13. The zero-order valence-electron chi connectivity index (χ0n) is 17.4. The molecule has 7 heteroatoms. The molecule has 0 unspecified atom stereocenters. The third kappa shape index (κ3) is 3.80. The number of nitrogens with zero attached hydrogens (tertiary/aromatic N) is 2. The van der Waals surface area contributed by atoms with E-state index in [-0.39, 0.29) is 5.76 Å². The number of carbonyl (C=O) groups excluding carboxylic acids is 1. The molecule has 1 aliphatic rings. The summed E-state index contributed by atoms with van der Waals surface area (Å²) >= 11 is 3.51. The number of benzene rings is 2. The van der Waals surface area contributed by atoms with Gasteiger partial charge < -0.3 is 9.15 Å². The van der Waals surface area contributed by atoms with E-state index in [1.165, 1.54) is 0 Å². The van der Waals surface area contributed by atoms with Crippen molar-refractivity contribution >= 4 is 44.2 Å². The molecule has 0 saturated heterocycles. The predicted molar refractivity (Wildman–Crippen MR) is 127 cm³/mol. The summed E-state index contributed by atoms with van der Waals surface area (Å²) in [6.07, 6.45) is 4.15. The van der Waals surface area contributed by atoms with E-state index < -0.39 is 5.97 Å². The number of rotatable bonds is 4. The Morgan fingerprint density at radius 3 is 2.81 bits per heavy atom. The summed E-state index contributed by atoms with van der Waals surface area (Å²) in [4.78, 5) is 17.4. The molecule has 2 aromatic carbocycles. The minimum Gasteiger partial charge on any atom is -0.453 e. The van der Waals surface area contributed by atoms with Crippen LogP contribution in [0.5, 0.6) is 5.75 Å².